The number of hydrogen-bond donors (Lipinski definition) is 0. The Hall–Kier alpha value is -2.73. The summed E-state index contributed by atoms with van der Waals surface area (Å²) in [5, 5.41) is 5.47. The Kier molecular flexibility index (Phi) is 3.93. The first kappa shape index (κ1) is 16.4. The van der Waals surface area contributed by atoms with Gasteiger partial charge >= 0.3 is 0 Å². The molecule has 1 aliphatic rings. The Labute approximate surface area is 160 Å². The van der Waals surface area contributed by atoms with Gasteiger partial charge in [0.15, 0.2) is 0 Å². The van der Waals surface area contributed by atoms with Gasteiger partial charge in [0.05, 0.1) is 16.6 Å². The summed E-state index contributed by atoms with van der Waals surface area (Å²) >= 11 is 6.22. The van der Waals surface area contributed by atoms with Gasteiger partial charge in [-0.05, 0) is 31.0 Å². The van der Waals surface area contributed by atoms with Crippen molar-refractivity contribution in [3.05, 3.63) is 58.2 Å². The zero-order chi connectivity index (χ0) is 18.4. The summed E-state index contributed by atoms with van der Waals surface area (Å²) in [4.78, 5) is 22.3. The number of nitrogens with zero attached hydrogens (tertiary/aromatic N) is 5. The molecule has 1 aliphatic carbocycles. The third kappa shape index (κ3) is 2.72. The van der Waals surface area contributed by atoms with Crippen molar-refractivity contribution >= 4 is 28.3 Å². The van der Waals surface area contributed by atoms with Crippen LogP contribution in [0.2, 0.25) is 5.02 Å². The monoisotopic (exact) mass is 379 g/mol. The molecule has 3 aromatic heterocycles. The van der Waals surface area contributed by atoms with E-state index in [-0.39, 0.29) is 11.6 Å². The molecular formula is C20H18ClN5O. The van der Waals surface area contributed by atoms with Gasteiger partial charge in [0.2, 0.25) is 0 Å². The average molecular weight is 380 g/mol. The van der Waals surface area contributed by atoms with E-state index in [1.54, 1.807) is 4.52 Å². The van der Waals surface area contributed by atoms with Crippen LogP contribution in [-0.2, 0) is 0 Å². The average Bonchev–Trinajstić information content (AvgIpc) is 3.15. The first-order valence-electron chi connectivity index (χ1n) is 9.23. The summed E-state index contributed by atoms with van der Waals surface area (Å²) < 4.78 is 3.50. The molecule has 1 aromatic carbocycles. The van der Waals surface area contributed by atoms with Gasteiger partial charge in [-0.15, -0.1) is 0 Å². The fraction of sp³-hybridized carbons (Fsp3) is 0.300. The smallest absolute Gasteiger partial charge is 0.262 e. The predicted octanol–water partition coefficient (Wildman–Crippen LogP) is 4.26. The van der Waals surface area contributed by atoms with Crippen LogP contribution < -0.4 is 5.56 Å². The molecule has 5 rings (SSSR count). The van der Waals surface area contributed by atoms with Crippen LogP contribution in [0.3, 0.4) is 0 Å². The van der Waals surface area contributed by atoms with Crippen molar-refractivity contribution < 1.29 is 0 Å². The van der Waals surface area contributed by atoms with Gasteiger partial charge in [0.25, 0.3) is 11.3 Å². The zero-order valence-corrected chi connectivity index (χ0v) is 15.4. The molecule has 1 fully saturated rings. The largest absolute Gasteiger partial charge is 0.312 e. The molecule has 1 saturated carbocycles. The van der Waals surface area contributed by atoms with Crippen molar-refractivity contribution in [1.82, 2.24) is 24.1 Å². The number of rotatable bonds is 2. The molecule has 7 heteroatoms. The van der Waals surface area contributed by atoms with E-state index in [0.717, 1.165) is 31.2 Å². The molecule has 0 aliphatic heterocycles. The van der Waals surface area contributed by atoms with Crippen molar-refractivity contribution in [3.63, 3.8) is 0 Å². The lowest BCUT2D eigenvalue weighted by Crippen LogP contribution is -2.27. The van der Waals surface area contributed by atoms with Crippen molar-refractivity contribution in [3.8, 4) is 11.3 Å². The van der Waals surface area contributed by atoms with Crippen LogP contribution in [0, 0.1) is 0 Å². The van der Waals surface area contributed by atoms with Gasteiger partial charge in [-0.2, -0.15) is 14.6 Å². The van der Waals surface area contributed by atoms with Crippen molar-refractivity contribution in [2.75, 3.05) is 0 Å². The molecule has 136 valence electrons. The number of aromatic nitrogens is 5. The normalized spacial score (nSPS) is 15.6. The zero-order valence-electron chi connectivity index (χ0n) is 14.7. The molecule has 27 heavy (non-hydrogen) atoms. The van der Waals surface area contributed by atoms with E-state index in [1.807, 2.05) is 41.1 Å². The fourth-order valence-electron chi connectivity index (χ4n) is 4.09. The summed E-state index contributed by atoms with van der Waals surface area (Å²) in [6.07, 6.45) is 8.98. The van der Waals surface area contributed by atoms with Crippen LogP contribution in [-0.4, -0.2) is 24.1 Å². The Morgan fingerprint density at radius 3 is 2.78 bits per heavy atom. The highest BCUT2D eigenvalue weighted by molar-refractivity contribution is 6.30. The topological polar surface area (TPSA) is 65.1 Å². The van der Waals surface area contributed by atoms with E-state index in [9.17, 15) is 4.79 Å². The van der Waals surface area contributed by atoms with Crippen LogP contribution in [0.15, 0.2) is 47.7 Å². The molecule has 4 aromatic rings. The lowest BCUT2D eigenvalue weighted by Gasteiger charge is -2.24. The highest BCUT2D eigenvalue weighted by Crippen LogP contribution is 2.30. The summed E-state index contributed by atoms with van der Waals surface area (Å²) in [5.74, 6) is 0.465. The van der Waals surface area contributed by atoms with Gasteiger partial charge in [0, 0.05) is 22.8 Å². The molecule has 0 atom stereocenters. The van der Waals surface area contributed by atoms with Crippen LogP contribution in [0.5, 0.6) is 0 Å². The van der Waals surface area contributed by atoms with E-state index in [4.69, 9.17) is 11.6 Å². The summed E-state index contributed by atoms with van der Waals surface area (Å²) in [5.41, 5.74) is 2.11. The van der Waals surface area contributed by atoms with Gasteiger partial charge < -0.3 is 4.57 Å². The Balaban J connectivity index is 1.86. The van der Waals surface area contributed by atoms with Gasteiger partial charge in [0.1, 0.15) is 6.33 Å². The van der Waals surface area contributed by atoms with E-state index in [0.29, 0.717) is 27.4 Å². The Morgan fingerprint density at radius 2 is 1.96 bits per heavy atom. The third-order valence-electron chi connectivity index (χ3n) is 5.36. The maximum atomic E-state index is 13.5. The van der Waals surface area contributed by atoms with Crippen LogP contribution >= 0.6 is 11.6 Å². The maximum Gasteiger partial charge on any atom is 0.262 e. The van der Waals surface area contributed by atoms with Crippen LogP contribution in [0.25, 0.3) is 27.9 Å². The number of benzene rings is 1. The van der Waals surface area contributed by atoms with E-state index in [2.05, 4.69) is 15.1 Å². The van der Waals surface area contributed by atoms with Crippen LogP contribution in [0.4, 0.5) is 0 Å². The molecule has 0 amide bonds. The standard InChI is InChI=1S/C20H18ClN5O/c21-14-6-4-5-13(11-14)18-17-16(24-20-22-12-23-26(18)20)9-10-25(19(17)27)15-7-2-1-3-8-15/h4-6,9-12,15H,1-3,7-8H2. The molecule has 0 bridgehead atoms. The molecule has 3 heterocycles. The lowest BCUT2D eigenvalue weighted by molar-refractivity contribution is 0.347. The highest BCUT2D eigenvalue weighted by Gasteiger charge is 2.21. The maximum absolute atomic E-state index is 13.5. The molecule has 0 saturated heterocycles. The number of pyridine rings is 1. The van der Waals surface area contributed by atoms with Gasteiger partial charge in [-0.1, -0.05) is 43.0 Å². The minimum absolute atomic E-state index is 0.0284. The molecule has 0 unspecified atom stereocenters. The second-order valence-corrected chi connectivity index (χ2v) is 7.46. The van der Waals surface area contributed by atoms with Crippen molar-refractivity contribution in [2.24, 2.45) is 0 Å². The highest BCUT2D eigenvalue weighted by atomic mass is 35.5. The van der Waals surface area contributed by atoms with E-state index < -0.39 is 0 Å². The van der Waals surface area contributed by atoms with E-state index >= 15 is 0 Å². The SMILES string of the molecule is O=c1c2c(-c3cccc(Cl)c3)n3ncnc3nc2ccn1C1CCCCC1. The summed E-state index contributed by atoms with van der Waals surface area (Å²) in [6, 6.07) is 9.61. The Bertz CT molecular complexity index is 1210. The van der Waals surface area contributed by atoms with Gasteiger partial charge in [-0.3, -0.25) is 4.79 Å². The first-order valence-corrected chi connectivity index (χ1v) is 9.61. The second-order valence-electron chi connectivity index (χ2n) is 7.02. The minimum atomic E-state index is -0.0284. The number of fused-ring (bicyclic) bond motifs is 2. The predicted molar refractivity (Wildman–Crippen MR) is 105 cm³/mol. The van der Waals surface area contributed by atoms with Crippen LogP contribution in [0.1, 0.15) is 38.1 Å². The first-order chi connectivity index (χ1) is 13.2. The second kappa shape index (κ2) is 6.46. The quantitative estimate of drug-likeness (QED) is 0.521. The molecule has 0 N–H and O–H groups in total. The fourth-order valence-corrected chi connectivity index (χ4v) is 4.28. The summed E-state index contributed by atoms with van der Waals surface area (Å²) in [7, 11) is 0. The number of hydrogen-bond acceptors (Lipinski definition) is 4. The summed E-state index contributed by atoms with van der Waals surface area (Å²) in [6.45, 7) is 0. The van der Waals surface area contributed by atoms with Crippen molar-refractivity contribution in [1.29, 1.82) is 0 Å². The lowest BCUT2D eigenvalue weighted by atomic mass is 9.95. The van der Waals surface area contributed by atoms with E-state index in [1.165, 1.54) is 12.7 Å². The van der Waals surface area contributed by atoms with Gasteiger partial charge in [-0.25, -0.2) is 4.98 Å². The molecule has 6 nitrogen and oxygen atoms in total. The Morgan fingerprint density at radius 1 is 1.11 bits per heavy atom. The van der Waals surface area contributed by atoms with Crippen molar-refractivity contribution in [2.45, 2.75) is 38.1 Å². The minimum Gasteiger partial charge on any atom is -0.312 e. The molecule has 0 radical (unpaired) electrons. The third-order valence-corrected chi connectivity index (χ3v) is 5.60. The molecule has 0 spiro atoms. The number of halogens is 1. The molecular weight excluding hydrogens is 362 g/mol.